The molecule has 7 heteroatoms. The van der Waals surface area contributed by atoms with E-state index in [-0.39, 0.29) is 11.7 Å². The van der Waals surface area contributed by atoms with Crippen LogP contribution in [0.1, 0.15) is 47.8 Å². The van der Waals surface area contributed by atoms with Crippen molar-refractivity contribution in [3.8, 4) is 0 Å². The van der Waals surface area contributed by atoms with Crippen LogP contribution in [0.2, 0.25) is 0 Å². The fourth-order valence-corrected chi connectivity index (χ4v) is 4.29. The van der Waals surface area contributed by atoms with Crippen molar-refractivity contribution >= 4 is 23.0 Å². The highest BCUT2D eigenvalue weighted by molar-refractivity contribution is 5.88. The molecule has 0 fully saturated rings. The Morgan fingerprint density at radius 1 is 1.23 bits per heavy atom. The summed E-state index contributed by atoms with van der Waals surface area (Å²) in [6.07, 6.45) is 9.28. The van der Waals surface area contributed by atoms with Crippen LogP contribution in [0, 0.1) is 24.5 Å². The number of nitrogen functional groups attached to an aromatic ring is 1. The van der Waals surface area contributed by atoms with Crippen LogP contribution < -0.4 is 11.1 Å². The molecule has 2 heterocycles. The molecular weight excluding hydrogens is 492 g/mol. The summed E-state index contributed by atoms with van der Waals surface area (Å²) < 4.78 is 29.1. The predicted molar refractivity (Wildman–Crippen MR) is 157 cm³/mol. The molecule has 4 N–H and O–H groups in total. The van der Waals surface area contributed by atoms with Gasteiger partial charge in [0.25, 0.3) is 0 Å². The molecule has 5 nitrogen and oxygen atoms in total. The van der Waals surface area contributed by atoms with Gasteiger partial charge < -0.3 is 16.0 Å². The number of hydrogen-bond acceptors (Lipinski definition) is 4. The molecule has 1 aliphatic heterocycles. The molecular formula is C32H33F2N5. The molecule has 4 rings (SSSR count). The van der Waals surface area contributed by atoms with Crippen LogP contribution in [-0.2, 0) is 6.42 Å². The van der Waals surface area contributed by atoms with Gasteiger partial charge in [-0.1, -0.05) is 57.4 Å². The smallest absolute Gasteiger partial charge is 0.133 e. The Balaban J connectivity index is 1.67. The molecule has 0 saturated heterocycles. The summed E-state index contributed by atoms with van der Waals surface area (Å²) in [5.41, 5.74) is 13.0. The molecule has 0 radical (unpaired) electrons. The van der Waals surface area contributed by atoms with E-state index in [2.05, 4.69) is 28.5 Å². The zero-order valence-corrected chi connectivity index (χ0v) is 22.5. The molecule has 2 aromatic carbocycles. The van der Waals surface area contributed by atoms with Crippen molar-refractivity contribution in [1.82, 2.24) is 15.3 Å². The number of nitrogens with zero attached hydrogens (tertiary/aromatic N) is 2. The van der Waals surface area contributed by atoms with E-state index < -0.39 is 5.82 Å². The molecule has 0 bridgehead atoms. The lowest BCUT2D eigenvalue weighted by atomic mass is 9.98. The number of benzene rings is 2. The highest BCUT2D eigenvalue weighted by Crippen LogP contribution is 2.30. The molecule has 1 aliphatic rings. The van der Waals surface area contributed by atoms with Crippen LogP contribution in [0.15, 0.2) is 90.2 Å². The standard InChI is InChI=1S/C32H33F2N5/c1-6-8-27(22-9-7-10-25(33)13-22)32-21(5)38-31(39-32)16-24-15-28(29(34)17-30(24)35)23-11-12-36-18-26(14-23)37-20(4)19(2)3/h6-11,13-15,17-19,37H,1,4,12,16,35H2,2-3,5H3,(H,38,39)/b27-8-. The topological polar surface area (TPSA) is 79.1 Å². The van der Waals surface area contributed by atoms with Crippen LogP contribution in [0.3, 0.4) is 0 Å². The molecule has 200 valence electrons. The number of aliphatic imine (C=N–C) groups is 1. The van der Waals surface area contributed by atoms with Crippen molar-refractivity contribution in [1.29, 1.82) is 0 Å². The normalized spacial score (nSPS) is 13.6. The van der Waals surface area contributed by atoms with E-state index in [1.807, 2.05) is 39.0 Å². The minimum atomic E-state index is -0.415. The van der Waals surface area contributed by atoms with Crippen molar-refractivity contribution < 1.29 is 8.78 Å². The fourth-order valence-electron chi connectivity index (χ4n) is 4.29. The lowest BCUT2D eigenvalue weighted by Gasteiger charge is -2.14. The Kier molecular flexibility index (Phi) is 8.39. The van der Waals surface area contributed by atoms with Crippen molar-refractivity contribution in [2.45, 2.75) is 27.2 Å². The zero-order valence-electron chi connectivity index (χ0n) is 22.5. The Hall–Kier alpha value is -4.52. The van der Waals surface area contributed by atoms with Crippen LogP contribution in [0.4, 0.5) is 14.5 Å². The van der Waals surface area contributed by atoms with E-state index in [0.717, 1.165) is 28.2 Å². The Bertz CT molecular complexity index is 1540. The van der Waals surface area contributed by atoms with Gasteiger partial charge in [-0.05, 0) is 59.9 Å². The molecule has 0 atom stereocenters. The second-order valence-electron chi connectivity index (χ2n) is 9.75. The molecule has 0 saturated carbocycles. The van der Waals surface area contributed by atoms with Gasteiger partial charge in [-0.15, -0.1) is 0 Å². The van der Waals surface area contributed by atoms with Gasteiger partial charge in [0.1, 0.15) is 17.5 Å². The number of aromatic nitrogens is 2. The number of anilines is 1. The maximum atomic E-state index is 15.2. The molecule has 0 aliphatic carbocycles. The summed E-state index contributed by atoms with van der Waals surface area (Å²) in [4.78, 5) is 12.5. The van der Waals surface area contributed by atoms with E-state index in [1.165, 1.54) is 18.2 Å². The van der Waals surface area contributed by atoms with Gasteiger partial charge in [0.2, 0.25) is 0 Å². The van der Waals surface area contributed by atoms with Gasteiger partial charge in [-0.2, -0.15) is 0 Å². The summed E-state index contributed by atoms with van der Waals surface area (Å²) in [7, 11) is 0. The number of allylic oxidation sites excluding steroid dienone is 6. The highest BCUT2D eigenvalue weighted by atomic mass is 19.1. The number of H-pyrrole nitrogens is 1. The Morgan fingerprint density at radius 3 is 2.74 bits per heavy atom. The van der Waals surface area contributed by atoms with Crippen molar-refractivity contribution in [2.24, 2.45) is 10.9 Å². The first kappa shape index (κ1) is 27.5. The van der Waals surface area contributed by atoms with Gasteiger partial charge >= 0.3 is 0 Å². The summed E-state index contributed by atoms with van der Waals surface area (Å²) in [5.74, 6) is 0.143. The number of nitrogens with two attached hydrogens (primary N) is 1. The number of aryl methyl sites for hydroxylation is 1. The maximum Gasteiger partial charge on any atom is 0.133 e. The third-order valence-corrected chi connectivity index (χ3v) is 6.47. The number of rotatable bonds is 9. The van der Waals surface area contributed by atoms with Gasteiger partial charge in [-0.3, -0.25) is 4.99 Å². The highest BCUT2D eigenvalue weighted by Gasteiger charge is 2.17. The third kappa shape index (κ3) is 6.49. The van der Waals surface area contributed by atoms with Crippen LogP contribution in [-0.4, -0.2) is 22.7 Å². The SMILES string of the molecule is C=C/C=C(/c1cccc(F)c1)c1nc(Cc2cc(C3=CCN=CC(NC(=C)C(C)C)=C3)c(F)cc2N)[nH]c1C. The molecule has 0 unspecified atom stereocenters. The average Bonchev–Trinajstić information content (AvgIpc) is 3.08. The number of hydrogen-bond donors (Lipinski definition) is 3. The first-order valence-electron chi connectivity index (χ1n) is 12.8. The first-order chi connectivity index (χ1) is 18.7. The van der Waals surface area contributed by atoms with Gasteiger partial charge in [0.15, 0.2) is 0 Å². The van der Waals surface area contributed by atoms with E-state index in [9.17, 15) is 4.39 Å². The molecule has 0 amide bonds. The lowest BCUT2D eigenvalue weighted by Crippen LogP contribution is -2.16. The summed E-state index contributed by atoms with van der Waals surface area (Å²) in [6.45, 7) is 14.3. The number of aromatic amines is 1. The van der Waals surface area contributed by atoms with Crippen molar-refractivity contribution in [3.05, 3.63) is 131 Å². The van der Waals surface area contributed by atoms with Crippen LogP contribution in [0.5, 0.6) is 0 Å². The summed E-state index contributed by atoms with van der Waals surface area (Å²) >= 11 is 0. The molecule has 3 aromatic rings. The average molecular weight is 526 g/mol. The first-order valence-corrected chi connectivity index (χ1v) is 12.8. The Labute approximate surface area is 228 Å². The van der Waals surface area contributed by atoms with Gasteiger partial charge in [-0.25, -0.2) is 13.8 Å². The summed E-state index contributed by atoms with van der Waals surface area (Å²) in [6, 6.07) is 9.46. The maximum absolute atomic E-state index is 15.2. The van der Waals surface area contributed by atoms with Crippen molar-refractivity contribution in [2.75, 3.05) is 12.3 Å². The largest absolute Gasteiger partial charge is 0.398 e. The van der Waals surface area contributed by atoms with Crippen LogP contribution >= 0.6 is 0 Å². The van der Waals surface area contributed by atoms with E-state index in [0.29, 0.717) is 46.9 Å². The lowest BCUT2D eigenvalue weighted by molar-refractivity contribution is 0.624. The van der Waals surface area contributed by atoms with E-state index in [4.69, 9.17) is 10.7 Å². The molecule has 39 heavy (non-hydrogen) atoms. The van der Waals surface area contributed by atoms with Gasteiger partial charge in [0, 0.05) is 40.9 Å². The van der Waals surface area contributed by atoms with Gasteiger partial charge in [0.05, 0.1) is 17.9 Å². The number of halogens is 2. The Morgan fingerprint density at radius 2 is 2.03 bits per heavy atom. The minimum absolute atomic E-state index is 0.235. The number of imidazole rings is 1. The fraction of sp³-hybridized carbons (Fsp3) is 0.188. The monoisotopic (exact) mass is 525 g/mol. The predicted octanol–water partition coefficient (Wildman–Crippen LogP) is 6.90. The minimum Gasteiger partial charge on any atom is -0.398 e. The zero-order chi connectivity index (χ0) is 28.1. The second kappa shape index (κ2) is 11.9. The molecule has 1 aromatic heterocycles. The third-order valence-electron chi connectivity index (χ3n) is 6.47. The van der Waals surface area contributed by atoms with Crippen molar-refractivity contribution in [3.63, 3.8) is 0 Å². The quantitative estimate of drug-likeness (QED) is 0.210. The van der Waals surface area contributed by atoms with E-state index in [1.54, 1.807) is 30.5 Å². The summed E-state index contributed by atoms with van der Waals surface area (Å²) in [5, 5.41) is 3.27. The van der Waals surface area contributed by atoms with Crippen LogP contribution in [0.25, 0.3) is 11.1 Å². The second-order valence-corrected chi connectivity index (χ2v) is 9.75. The number of nitrogens with one attached hydrogen (secondary N) is 2. The molecule has 0 spiro atoms. The van der Waals surface area contributed by atoms with E-state index >= 15 is 4.39 Å².